The van der Waals surface area contributed by atoms with E-state index in [1.807, 2.05) is 84.9 Å². The second kappa shape index (κ2) is 7.93. The minimum Gasteiger partial charge on any atom is -0.465 e. The number of benzene rings is 2. The van der Waals surface area contributed by atoms with Crippen molar-refractivity contribution >= 4 is 40.3 Å². The number of carbonyl (C=O) groups is 1. The van der Waals surface area contributed by atoms with Gasteiger partial charge in [-0.1, -0.05) is 42.5 Å². The van der Waals surface area contributed by atoms with Gasteiger partial charge in [0.1, 0.15) is 5.76 Å². The summed E-state index contributed by atoms with van der Waals surface area (Å²) in [5, 5.41) is 0.634. The molecule has 1 aliphatic heterocycles. The molecule has 27 heavy (non-hydrogen) atoms. The summed E-state index contributed by atoms with van der Waals surface area (Å²) in [6.45, 7) is 0. The van der Waals surface area contributed by atoms with Crippen LogP contribution in [0.25, 0.3) is 6.08 Å². The van der Waals surface area contributed by atoms with Crippen LogP contribution >= 0.6 is 11.8 Å². The van der Waals surface area contributed by atoms with Gasteiger partial charge in [-0.2, -0.15) is 0 Å². The van der Waals surface area contributed by atoms with Crippen LogP contribution in [0, 0.1) is 0 Å². The number of rotatable bonds is 4. The van der Waals surface area contributed by atoms with Crippen molar-refractivity contribution in [2.45, 2.75) is 0 Å². The minimum atomic E-state index is -0.0926. The van der Waals surface area contributed by atoms with Gasteiger partial charge in [-0.05, 0) is 60.3 Å². The quantitative estimate of drug-likeness (QED) is 0.556. The molecule has 5 heteroatoms. The maximum absolute atomic E-state index is 13.0. The summed E-state index contributed by atoms with van der Waals surface area (Å²) in [6, 6.07) is 22.9. The third-order valence-electron chi connectivity index (χ3n) is 3.85. The van der Waals surface area contributed by atoms with E-state index in [0.717, 1.165) is 17.1 Å². The molecule has 0 unspecified atom stereocenters. The number of anilines is 1. The van der Waals surface area contributed by atoms with Gasteiger partial charge in [0.15, 0.2) is 5.17 Å². The summed E-state index contributed by atoms with van der Waals surface area (Å²) in [5.41, 5.74) is 1.60. The summed E-state index contributed by atoms with van der Waals surface area (Å²) in [6.07, 6.45) is 7.04. The first kappa shape index (κ1) is 17.1. The van der Waals surface area contributed by atoms with E-state index in [2.05, 4.69) is 4.99 Å². The molecule has 0 atom stereocenters. The molecule has 0 aliphatic carbocycles. The summed E-state index contributed by atoms with van der Waals surface area (Å²) in [4.78, 5) is 19.9. The zero-order valence-electron chi connectivity index (χ0n) is 14.4. The highest BCUT2D eigenvalue weighted by Crippen LogP contribution is 2.36. The van der Waals surface area contributed by atoms with E-state index in [4.69, 9.17) is 4.42 Å². The van der Waals surface area contributed by atoms with E-state index in [-0.39, 0.29) is 5.91 Å². The van der Waals surface area contributed by atoms with E-state index in [9.17, 15) is 4.79 Å². The number of amidine groups is 1. The molecule has 1 fully saturated rings. The van der Waals surface area contributed by atoms with Gasteiger partial charge in [0, 0.05) is 0 Å². The van der Waals surface area contributed by atoms with Gasteiger partial charge in [-0.25, -0.2) is 4.99 Å². The number of carbonyl (C=O) groups excluding carboxylic acids is 1. The third-order valence-corrected chi connectivity index (χ3v) is 4.84. The summed E-state index contributed by atoms with van der Waals surface area (Å²) < 4.78 is 5.27. The number of thioether (sulfide) groups is 1. The van der Waals surface area contributed by atoms with Gasteiger partial charge in [0.2, 0.25) is 0 Å². The lowest BCUT2D eigenvalue weighted by Crippen LogP contribution is -2.28. The van der Waals surface area contributed by atoms with Crippen LogP contribution < -0.4 is 4.90 Å². The molecule has 1 aromatic heterocycles. The highest BCUT2D eigenvalue weighted by atomic mass is 32.2. The van der Waals surface area contributed by atoms with Gasteiger partial charge in [0.05, 0.1) is 22.5 Å². The number of furan rings is 1. The smallest absolute Gasteiger partial charge is 0.271 e. The van der Waals surface area contributed by atoms with Crippen molar-refractivity contribution in [1.29, 1.82) is 0 Å². The largest absolute Gasteiger partial charge is 0.465 e. The van der Waals surface area contributed by atoms with Gasteiger partial charge in [0.25, 0.3) is 5.91 Å². The number of allylic oxidation sites excluding steroid dienone is 2. The maximum Gasteiger partial charge on any atom is 0.271 e. The highest BCUT2D eigenvalue weighted by Gasteiger charge is 2.34. The van der Waals surface area contributed by atoms with Crippen LogP contribution in [0.4, 0.5) is 11.4 Å². The Balaban J connectivity index is 1.68. The van der Waals surface area contributed by atoms with Gasteiger partial charge >= 0.3 is 0 Å². The Kier molecular flexibility index (Phi) is 5.03. The Morgan fingerprint density at radius 3 is 2.37 bits per heavy atom. The molecule has 1 amide bonds. The van der Waals surface area contributed by atoms with E-state index in [1.54, 1.807) is 17.2 Å². The lowest BCUT2D eigenvalue weighted by atomic mass is 10.3. The van der Waals surface area contributed by atoms with Crippen LogP contribution in [0.3, 0.4) is 0 Å². The van der Waals surface area contributed by atoms with Crippen molar-refractivity contribution < 1.29 is 9.21 Å². The first-order chi connectivity index (χ1) is 13.3. The fourth-order valence-corrected chi connectivity index (χ4v) is 3.55. The number of amides is 1. The fourth-order valence-electron chi connectivity index (χ4n) is 2.60. The molecular formula is C22H16N2O2S. The minimum absolute atomic E-state index is 0.0926. The predicted octanol–water partition coefficient (Wildman–Crippen LogP) is 5.64. The molecule has 4 nitrogen and oxygen atoms in total. The Morgan fingerprint density at radius 2 is 1.67 bits per heavy atom. The third kappa shape index (κ3) is 3.93. The van der Waals surface area contributed by atoms with Crippen LogP contribution in [0.5, 0.6) is 0 Å². The first-order valence-corrected chi connectivity index (χ1v) is 9.26. The highest BCUT2D eigenvalue weighted by molar-refractivity contribution is 8.19. The molecule has 1 saturated heterocycles. The van der Waals surface area contributed by atoms with Crippen LogP contribution in [0.2, 0.25) is 0 Å². The van der Waals surface area contributed by atoms with Crippen molar-refractivity contribution in [3.63, 3.8) is 0 Å². The van der Waals surface area contributed by atoms with Crippen LogP contribution in [0.1, 0.15) is 5.76 Å². The zero-order chi connectivity index (χ0) is 18.5. The van der Waals surface area contributed by atoms with Gasteiger partial charge < -0.3 is 4.42 Å². The summed E-state index contributed by atoms with van der Waals surface area (Å²) in [5.74, 6) is 0.644. The zero-order valence-corrected chi connectivity index (χ0v) is 15.2. The van der Waals surface area contributed by atoms with Crippen LogP contribution in [-0.4, -0.2) is 11.1 Å². The molecular weight excluding hydrogens is 356 g/mol. The Hall–Kier alpha value is -3.31. The molecule has 0 bridgehead atoms. The number of aliphatic imine (C=N–C) groups is 1. The van der Waals surface area contributed by atoms with E-state index < -0.39 is 0 Å². The second-order valence-electron chi connectivity index (χ2n) is 5.71. The maximum atomic E-state index is 13.0. The second-order valence-corrected chi connectivity index (χ2v) is 6.72. The van der Waals surface area contributed by atoms with E-state index in [0.29, 0.717) is 10.1 Å². The number of nitrogens with zero attached hydrogens (tertiary/aromatic N) is 2. The fraction of sp³-hybridized carbons (Fsp3) is 0. The Bertz CT molecular complexity index is 1010. The number of hydrogen-bond acceptors (Lipinski definition) is 4. The van der Waals surface area contributed by atoms with Gasteiger partial charge in [-0.15, -0.1) is 0 Å². The molecule has 1 aliphatic rings. The Morgan fingerprint density at radius 1 is 0.926 bits per heavy atom. The molecule has 2 aromatic carbocycles. The number of hydrogen-bond donors (Lipinski definition) is 0. The first-order valence-electron chi connectivity index (χ1n) is 8.44. The van der Waals surface area contributed by atoms with Crippen molar-refractivity contribution in [1.82, 2.24) is 0 Å². The Labute approximate surface area is 161 Å². The molecule has 132 valence electrons. The van der Waals surface area contributed by atoms with E-state index in [1.165, 1.54) is 11.8 Å². The lowest BCUT2D eigenvalue weighted by Gasteiger charge is -2.15. The van der Waals surface area contributed by atoms with Crippen molar-refractivity contribution in [3.05, 3.63) is 102 Å². The monoisotopic (exact) mass is 372 g/mol. The predicted molar refractivity (Wildman–Crippen MR) is 111 cm³/mol. The molecule has 2 heterocycles. The average molecular weight is 372 g/mol. The average Bonchev–Trinajstić information content (AvgIpc) is 3.32. The standard InChI is InChI=1S/C22H16N2O2S/c25-21-20(15-7-13-19-14-8-16-26-19)27-22(23-17-9-3-1-4-10-17)24(21)18-11-5-2-6-12-18/h1-16H/b13-7+,20-15-,23-22?. The molecule has 0 radical (unpaired) electrons. The van der Waals surface area contributed by atoms with Gasteiger partial charge in [-0.3, -0.25) is 9.69 Å². The normalized spacial score (nSPS) is 17.5. The van der Waals surface area contributed by atoms with Crippen LogP contribution in [0.15, 0.2) is 106 Å². The van der Waals surface area contributed by atoms with Crippen LogP contribution in [-0.2, 0) is 4.79 Å². The molecule has 3 aromatic rings. The molecule has 0 spiro atoms. The topological polar surface area (TPSA) is 45.8 Å². The van der Waals surface area contributed by atoms with Crippen molar-refractivity contribution in [2.75, 3.05) is 4.90 Å². The molecule has 0 N–H and O–H groups in total. The SMILES string of the molecule is O=C1/C(=C/C=C/c2ccco2)SC(=Nc2ccccc2)N1c1ccccc1. The lowest BCUT2D eigenvalue weighted by molar-refractivity contribution is -0.113. The summed E-state index contributed by atoms with van der Waals surface area (Å²) in [7, 11) is 0. The number of para-hydroxylation sites is 2. The van der Waals surface area contributed by atoms with E-state index >= 15 is 0 Å². The molecule has 0 saturated carbocycles. The van der Waals surface area contributed by atoms with Crippen molar-refractivity contribution in [2.24, 2.45) is 4.99 Å². The summed E-state index contributed by atoms with van der Waals surface area (Å²) >= 11 is 1.36. The van der Waals surface area contributed by atoms with Crippen molar-refractivity contribution in [3.8, 4) is 0 Å². The molecule has 4 rings (SSSR count).